The molecule has 1 atom stereocenters. The van der Waals surface area contributed by atoms with Crippen LogP contribution in [0.15, 0.2) is 17.5 Å². The van der Waals surface area contributed by atoms with Gasteiger partial charge in [0.25, 0.3) is 0 Å². The van der Waals surface area contributed by atoms with Crippen molar-refractivity contribution in [1.82, 2.24) is 25.1 Å². The minimum Gasteiger partial charge on any atom is -0.375 e. The fourth-order valence-electron chi connectivity index (χ4n) is 2.23. The third-order valence-electron chi connectivity index (χ3n) is 3.42. The Morgan fingerprint density at radius 1 is 1.57 bits per heavy atom. The Hall–Kier alpha value is -1.80. The standard InChI is InChI=1S/C13H17N5O2S/c1-2-10-8-17(5-6-20-10)12(19)9-18-15-13(14-16-18)11-4-3-7-21-11/h3-4,7,10H,2,5-6,8-9H2,1H3/t10-/m0/s1. The molecule has 0 aromatic carbocycles. The van der Waals surface area contributed by atoms with Gasteiger partial charge < -0.3 is 9.64 Å². The van der Waals surface area contributed by atoms with Crippen molar-refractivity contribution in [2.75, 3.05) is 19.7 Å². The van der Waals surface area contributed by atoms with Crippen LogP contribution in [0.4, 0.5) is 0 Å². The molecule has 0 N–H and O–H groups in total. The van der Waals surface area contributed by atoms with Crippen LogP contribution in [0.5, 0.6) is 0 Å². The second-order valence-electron chi connectivity index (χ2n) is 4.86. The molecule has 8 heteroatoms. The van der Waals surface area contributed by atoms with Crippen molar-refractivity contribution in [2.24, 2.45) is 0 Å². The van der Waals surface area contributed by atoms with Crippen LogP contribution in [0.25, 0.3) is 10.7 Å². The molecule has 112 valence electrons. The number of ether oxygens (including phenoxy) is 1. The molecule has 1 saturated heterocycles. The Morgan fingerprint density at radius 3 is 3.24 bits per heavy atom. The monoisotopic (exact) mass is 307 g/mol. The van der Waals surface area contributed by atoms with E-state index in [1.165, 1.54) is 4.80 Å². The van der Waals surface area contributed by atoms with Crippen LogP contribution >= 0.6 is 11.3 Å². The Labute approximate surface area is 126 Å². The van der Waals surface area contributed by atoms with Crippen LogP contribution in [0.3, 0.4) is 0 Å². The number of carbonyl (C=O) groups is 1. The van der Waals surface area contributed by atoms with Crippen molar-refractivity contribution in [3.8, 4) is 10.7 Å². The highest BCUT2D eigenvalue weighted by Crippen LogP contribution is 2.19. The zero-order valence-electron chi connectivity index (χ0n) is 11.8. The van der Waals surface area contributed by atoms with E-state index in [9.17, 15) is 4.79 Å². The number of thiophene rings is 1. The highest BCUT2D eigenvalue weighted by Gasteiger charge is 2.23. The highest BCUT2D eigenvalue weighted by molar-refractivity contribution is 7.13. The molecule has 21 heavy (non-hydrogen) atoms. The second kappa shape index (κ2) is 6.31. The van der Waals surface area contributed by atoms with Crippen LogP contribution in [0, 0.1) is 0 Å². The highest BCUT2D eigenvalue weighted by atomic mass is 32.1. The van der Waals surface area contributed by atoms with E-state index in [1.54, 1.807) is 11.3 Å². The molecular weight excluding hydrogens is 290 g/mol. The Kier molecular flexibility index (Phi) is 4.26. The summed E-state index contributed by atoms with van der Waals surface area (Å²) in [5.74, 6) is 0.568. The second-order valence-corrected chi connectivity index (χ2v) is 5.81. The van der Waals surface area contributed by atoms with Crippen LogP contribution < -0.4 is 0 Å². The van der Waals surface area contributed by atoms with Gasteiger partial charge in [0.1, 0.15) is 6.54 Å². The summed E-state index contributed by atoms with van der Waals surface area (Å²) < 4.78 is 5.57. The van der Waals surface area contributed by atoms with Gasteiger partial charge in [-0.1, -0.05) is 13.0 Å². The Balaban J connectivity index is 1.62. The molecule has 0 spiro atoms. The summed E-state index contributed by atoms with van der Waals surface area (Å²) in [5.41, 5.74) is 0. The quantitative estimate of drug-likeness (QED) is 0.844. The first-order valence-corrected chi connectivity index (χ1v) is 7.85. The maximum absolute atomic E-state index is 12.3. The number of hydrogen-bond donors (Lipinski definition) is 0. The lowest BCUT2D eigenvalue weighted by Crippen LogP contribution is -2.46. The van der Waals surface area contributed by atoms with E-state index >= 15 is 0 Å². The lowest BCUT2D eigenvalue weighted by Gasteiger charge is -2.32. The van der Waals surface area contributed by atoms with Gasteiger partial charge in [-0.25, -0.2) is 0 Å². The molecule has 0 bridgehead atoms. The first-order chi connectivity index (χ1) is 10.3. The minimum absolute atomic E-state index is 0.00637. The van der Waals surface area contributed by atoms with Gasteiger partial charge in [0.15, 0.2) is 0 Å². The van der Waals surface area contributed by atoms with Crippen LogP contribution in [0.1, 0.15) is 13.3 Å². The molecule has 7 nitrogen and oxygen atoms in total. The number of hydrogen-bond acceptors (Lipinski definition) is 6. The summed E-state index contributed by atoms with van der Waals surface area (Å²) in [6.45, 7) is 4.04. The first-order valence-electron chi connectivity index (χ1n) is 6.97. The zero-order valence-corrected chi connectivity index (χ0v) is 12.6. The lowest BCUT2D eigenvalue weighted by molar-refractivity contribution is -0.139. The van der Waals surface area contributed by atoms with E-state index in [0.29, 0.717) is 25.5 Å². The molecule has 3 rings (SSSR count). The fourth-order valence-corrected chi connectivity index (χ4v) is 2.88. The molecule has 2 aromatic heterocycles. The van der Waals surface area contributed by atoms with E-state index < -0.39 is 0 Å². The average Bonchev–Trinajstić information content (AvgIpc) is 3.18. The van der Waals surface area contributed by atoms with Crippen molar-refractivity contribution < 1.29 is 9.53 Å². The van der Waals surface area contributed by atoms with Crippen molar-refractivity contribution in [3.63, 3.8) is 0 Å². The molecule has 1 fully saturated rings. The molecule has 1 aliphatic heterocycles. The number of tetrazole rings is 1. The summed E-state index contributed by atoms with van der Waals surface area (Å²) in [6, 6.07) is 3.87. The molecule has 1 aliphatic rings. The van der Waals surface area contributed by atoms with Gasteiger partial charge >= 0.3 is 0 Å². The number of rotatable bonds is 4. The van der Waals surface area contributed by atoms with Crippen molar-refractivity contribution in [1.29, 1.82) is 0 Å². The molecule has 0 radical (unpaired) electrons. The van der Waals surface area contributed by atoms with Gasteiger partial charge in [0, 0.05) is 13.1 Å². The summed E-state index contributed by atoms with van der Waals surface area (Å²) in [4.78, 5) is 16.4. The molecule has 0 unspecified atom stereocenters. The number of carbonyl (C=O) groups excluding carboxylic acids is 1. The minimum atomic E-state index is 0.00637. The Morgan fingerprint density at radius 2 is 2.48 bits per heavy atom. The maximum Gasteiger partial charge on any atom is 0.246 e. The predicted octanol–water partition coefficient (Wildman–Crippen LogP) is 1.04. The van der Waals surface area contributed by atoms with Crippen molar-refractivity contribution in [3.05, 3.63) is 17.5 Å². The number of morpholine rings is 1. The zero-order chi connectivity index (χ0) is 14.7. The SMILES string of the molecule is CC[C@H]1CN(C(=O)Cn2nnc(-c3cccs3)n2)CCO1. The maximum atomic E-state index is 12.3. The van der Waals surface area contributed by atoms with Gasteiger partial charge in [0.2, 0.25) is 11.7 Å². The third-order valence-corrected chi connectivity index (χ3v) is 4.28. The normalized spacial score (nSPS) is 18.9. The van der Waals surface area contributed by atoms with E-state index in [1.807, 2.05) is 22.4 Å². The first kappa shape index (κ1) is 14.2. The van der Waals surface area contributed by atoms with Crippen LogP contribution in [0.2, 0.25) is 0 Å². The van der Waals surface area contributed by atoms with E-state index in [4.69, 9.17) is 4.74 Å². The molecule has 0 aliphatic carbocycles. The molecule has 1 amide bonds. The van der Waals surface area contributed by atoms with Gasteiger partial charge in [-0.15, -0.1) is 21.5 Å². The summed E-state index contributed by atoms with van der Waals surface area (Å²) in [6.07, 6.45) is 1.04. The van der Waals surface area contributed by atoms with Crippen molar-refractivity contribution >= 4 is 17.2 Å². The Bertz CT molecular complexity index is 597. The molecule has 2 aromatic rings. The smallest absolute Gasteiger partial charge is 0.246 e. The van der Waals surface area contributed by atoms with Crippen LogP contribution in [-0.4, -0.2) is 56.8 Å². The molecular formula is C13H17N5O2S. The summed E-state index contributed by atoms with van der Waals surface area (Å²) in [5, 5.41) is 14.1. The summed E-state index contributed by atoms with van der Waals surface area (Å²) in [7, 11) is 0. The number of amides is 1. The largest absolute Gasteiger partial charge is 0.375 e. The topological polar surface area (TPSA) is 73.1 Å². The number of nitrogens with zero attached hydrogens (tertiary/aromatic N) is 5. The average molecular weight is 307 g/mol. The van der Waals surface area contributed by atoms with E-state index in [-0.39, 0.29) is 18.6 Å². The van der Waals surface area contributed by atoms with Gasteiger partial charge in [-0.3, -0.25) is 4.79 Å². The van der Waals surface area contributed by atoms with Gasteiger partial charge in [0.05, 0.1) is 17.6 Å². The van der Waals surface area contributed by atoms with Gasteiger partial charge in [-0.2, -0.15) is 4.80 Å². The van der Waals surface area contributed by atoms with Crippen LogP contribution in [-0.2, 0) is 16.1 Å². The molecule has 3 heterocycles. The fraction of sp³-hybridized carbons (Fsp3) is 0.538. The van der Waals surface area contributed by atoms with E-state index in [2.05, 4.69) is 22.3 Å². The van der Waals surface area contributed by atoms with Gasteiger partial charge in [-0.05, 0) is 23.1 Å². The number of aromatic nitrogens is 4. The summed E-state index contributed by atoms with van der Waals surface area (Å²) >= 11 is 1.55. The third kappa shape index (κ3) is 3.27. The molecule has 0 saturated carbocycles. The van der Waals surface area contributed by atoms with Crippen molar-refractivity contribution in [2.45, 2.75) is 26.0 Å². The van der Waals surface area contributed by atoms with E-state index in [0.717, 1.165) is 11.3 Å². The predicted molar refractivity (Wildman–Crippen MR) is 77.7 cm³/mol. The lowest BCUT2D eigenvalue weighted by atomic mass is 10.2.